The van der Waals surface area contributed by atoms with Crippen molar-refractivity contribution in [3.63, 3.8) is 0 Å². The molecule has 0 radical (unpaired) electrons. The fraction of sp³-hybridized carbons (Fsp3) is 0.136. The average molecular weight is 364 g/mol. The highest BCUT2D eigenvalue weighted by atomic mass is 32.2. The maximum absolute atomic E-state index is 10.6. The summed E-state index contributed by atoms with van der Waals surface area (Å²) in [5.74, 6) is 0.0766. The van der Waals surface area contributed by atoms with Crippen molar-refractivity contribution in [1.29, 1.82) is 0 Å². The SMILES string of the molecule is O=C(O)CCc1ccc(Sc2cccc(OCc3ccccc3)c2)cc1. The third-order valence-electron chi connectivity index (χ3n) is 3.84. The van der Waals surface area contributed by atoms with Crippen LogP contribution in [0.5, 0.6) is 5.75 Å². The topological polar surface area (TPSA) is 46.5 Å². The number of hydrogen-bond acceptors (Lipinski definition) is 3. The van der Waals surface area contributed by atoms with Crippen molar-refractivity contribution in [1.82, 2.24) is 0 Å². The van der Waals surface area contributed by atoms with Gasteiger partial charge in [0.05, 0.1) is 0 Å². The van der Waals surface area contributed by atoms with E-state index in [2.05, 4.69) is 6.07 Å². The Labute approximate surface area is 157 Å². The van der Waals surface area contributed by atoms with Crippen LogP contribution < -0.4 is 4.74 Å². The lowest BCUT2D eigenvalue weighted by atomic mass is 10.1. The highest BCUT2D eigenvalue weighted by Crippen LogP contribution is 2.30. The Balaban J connectivity index is 1.58. The van der Waals surface area contributed by atoms with Crippen molar-refractivity contribution in [2.24, 2.45) is 0 Å². The minimum Gasteiger partial charge on any atom is -0.489 e. The van der Waals surface area contributed by atoms with Gasteiger partial charge in [-0.3, -0.25) is 4.79 Å². The molecular formula is C22H20O3S. The summed E-state index contributed by atoms with van der Waals surface area (Å²) in [7, 11) is 0. The number of carboxylic acids is 1. The van der Waals surface area contributed by atoms with Gasteiger partial charge in [0.1, 0.15) is 12.4 Å². The number of carbonyl (C=O) groups is 1. The van der Waals surface area contributed by atoms with E-state index in [-0.39, 0.29) is 6.42 Å². The van der Waals surface area contributed by atoms with Crippen LogP contribution >= 0.6 is 11.8 Å². The van der Waals surface area contributed by atoms with E-state index < -0.39 is 5.97 Å². The maximum atomic E-state index is 10.6. The van der Waals surface area contributed by atoms with Crippen LogP contribution in [0.15, 0.2) is 88.7 Å². The summed E-state index contributed by atoms with van der Waals surface area (Å²) in [4.78, 5) is 12.9. The molecule has 0 amide bonds. The standard InChI is InChI=1S/C22H20O3S/c23-22(24)14-11-17-9-12-20(13-10-17)26-21-8-4-7-19(15-21)25-16-18-5-2-1-3-6-18/h1-10,12-13,15H,11,14,16H2,(H,23,24). The van der Waals surface area contributed by atoms with Gasteiger partial charge in [0.15, 0.2) is 0 Å². The highest BCUT2D eigenvalue weighted by Gasteiger charge is 2.03. The van der Waals surface area contributed by atoms with E-state index >= 15 is 0 Å². The molecule has 1 N–H and O–H groups in total. The lowest BCUT2D eigenvalue weighted by Crippen LogP contribution is -1.97. The first-order chi connectivity index (χ1) is 12.7. The van der Waals surface area contributed by atoms with Crippen LogP contribution in [-0.2, 0) is 17.8 Å². The Bertz CT molecular complexity index is 845. The number of aryl methyl sites for hydroxylation is 1. The van der Waals surface area contributed by atoms with Crippen LogP contribution in [-0.4, -0.2) is 11.1 Å². The number of aliphatic carboxylic acids is 1. The molecule has 4 heteroatoms. The second-order valence-corrected chi connectivity index (χ2v) is 7.04. The molecular weight excluding hydrogens is 344 g/mol. The minimum atomic E-state index is -0.768. The molecule has 26 heavy (non-hydrogen) atoms. The summed E-state index contributed by atoms with van der Waals surface area (Å²) >= 11 is 1.66. The zero-order valence-corrected chi connectivity index (χ0v) is 15.1. The number of rotatable bonds is 8. The molecule has 0 atom stereocenters. The molecule has 0 heterocycles. The molecule has 3 nitrogen and oxygen atoms in total. The molecule has 3 aromatic carbocycles. The van der Waals surface area contributed by atoms with E-state index in [0.29, 0.717) is 13.0 Å². The zero-order valence-electron chi connectivity index (χ0n) is 14.3. The van der Waals surface area contributed by atoms with Gasteiger partial charge in [0, 0.05) is 16.2 Å². The molecule has 0 aliphatic rings. The molecule has 132 valence electrons. The first-order valence-corrected chi connectivity index (χ1v) is 9.26. The lowest BCUT2D eigenvalue weighted by Gasteiger charge is -2.08. The van der Waals surface area contributed by atoms with E-state index in [0.717, 1.165) is 26.7 Å². The van der Waals surface area contributed by atoms with Gasteiger partial charge in [-0.15, -0.1) is 0 Å². The molecule has 0 spiro atoms. The first-order valence-electron chi connectivity index (χ1n) is 8.44. The molecule has 0 fully saturated rings. The van der Waals surface area contributed by atoms with Crippen molar-refractivity contribution < 1.29 is 14.6 Å². The fourth-order valence-corrected chi connectivity index (χ4v) is 3.35. The number of carboxylic acid groups (broad SMARTS) is 1. The Morgan fingerprint density at radius 2 is 1.62 bits per heavy atom. The van der Waals surface area contributed by atoms with Crippen LogP contribution in [0.25, 0.3) is 0 Å². The van der Waals surface area contributed by atoms with Crippen molar-refractivity contribution in [2.45, 2.75) is 29.2 Å². The number of benzene rings is 3. The average Bonchev–Trinajstić information content (AvgIpc) is 2.67. The zero-order chi connectivity index (χ0) is 18.2. The summed E-state index contributed by atoms with van der Waals surface area (Å²) in [5.41, 5.74) is 2.18. The Morgan fingerprint density at radius 1 is 0.846 bits per heavy atom. The van der Waals surface area contributed by atoms with E-state index in [1.807, 2.05) is 72.8 Å². The molecule has 3 aromatic rings. The van der Waals surface area contributed by atoms with Gasteiger partial charge in [0.2, 0.25) is 0 Å². The molecule has 0 aliphatic heterocycles. The summed E-state index contributed by atoms with van der Waals surface area (Å²) in [6.45, 7) is 0.549. The summed E-state index contributed by atoms with van der Waals surface area (Å²) in [5, 5.41) is 8.75. The highest BCUT2D eigenvalue weighted by molar-refractivity contribution is 7.99. The van der Waals surface area contributed by atoms with Gasteiger partial charge in [-0.05, 0) is 47.9 Å². The summed E-state index contributed by atoms with van der Waals surface area (Å²) in [6.07, 6.45) is 0.719. The Hall–Kier alpha value is -2.72. The predicted molar refractivity (Wildman–Crippen MR) is 104 cm³/mol. The second-order valence-electron chi connectivity index (χ2n) is 5.89. The van der Waals surface area contributed by atoms with E-state index in [1.54, 1.807) is 11.8 Å². The third kappa shape index (κ3) is 5.67. The lowest BCUT2D eigenvalue weighted by molar-refractivity contribution is -0.136. The van der Waals surface area contributed by atoms with Gasteiger partial charge in [-0.1, -0.05) is 60.3 Å². The van der Waals surface area contributed by atoms with Crippen LogP contribution in [0, 0.1) is 0 Å². The molecule has 0 bridgehead atoms. The quantitative estimate of drug-likeness (QED) is 0.578. The normalized spacial score (nSPS) is 10.5. The summed E-state index contributed by atoms with van der Waals surface area (Å²) < 4.78 is 5.87. The molecule has 3 rings (SSSR count). The van der Waals surface area contributed by atoms with Crippen LogP contribution in [0.2, 0.25) is 0 Å². The summed E-state index contributed by atoms with van der Waals surface area (Å²) in [6, 6.07) is 26.2. The van der Waals surface area contributed by atoms with Crippen molar-refractivity contribution >= 4 is 17.7 Å². The molecule has 0 saturated heterocycles. The van der Waals surface area contributed by atoms with Crippen molar-refractivity contribution in [2.75, 3.05) is 0 Å². The Morgan fingerprint density at radius 3 is 2.35 bits per heavy atom. The van der Waals surface area contributed by atoms with Gasteiger partial charge in [0.25, 0.3) is 0 Å². The van der Waals surface area contributed by atoms with E-state index in [4.69, 9.17) is 9.84 Å². The number of ether oxygens (including phenoxy) is 1. The second kappa shape index (κ2) is 9.11. The van der Waals surface area contributed by atoms with Crippen LogP contribution in [0.3, 0.4) is 0 Å². The van der Waals surface area contributed by atoms with Gasteiger partial charge >= 0.3 is 5.97 Å². The first kappa shape index (κ1) is 18.1. The molecule has 0 aromatic heterocycles. The maximum Gasteiger partial charge on any atom is 0.303 e. The monoisotopic (exact) mass is 364 g/mol. The smallest absolute Gasteiger partial charge is 0.303 e. The van der Waals surface area contributed by atoms with E-state index in [9.17, 15) is 4.79 Å². The predicted octanol–water partition coefficient (Wildman–Crippen LogP) is 5.43. The Kier molecular flexibility index (Phi) is 6.34. The molecule has 0 unspecified atom stereocenters. The fourth-order valence-electron chi connectivity index (χ4n) is 2.48. The number of hydrogen-bond donors (Lipinski definition) is 1. The van der Waals surface area contributed by atoms with Crippen molar-refractivity contribution in [3.05, 3.63) is 90.0 Å². The molecule has 0 saturated carbocycles. The van der Waals surface area contributed by atoms with Gasteiger partial charge < -0.3 is 9.84 Å². The van der Waals surface area contributed by atoms with Crippen LogP contribution in [0.4, 0.5) is 0 Å². The van der Waals surface area contributed by atoms with Gasteiger partial charge in [-0.2, -0.15) is 0 Å². The van der Waals surface area contributed by atoms with E-state index in [1.165, 1.54) is 0 Å². The minimum absolute atomic E-state index is 0.160. The van der Waals surface area contributed by atoms with Crippen LogP contribution in [0.1, 0.15) is 17.5 Å². The third-order valence-corrected chi connectivity index (χ3v) is 4.84. The van der Waals surface area contributed by atoms with Crippen molar-refractivity contribution in [3.8, 4) is 5.75 Å². The van der Waals surface area contributed by atoms with Gasteiger partial charge in [-0.25, -0.2) is 0 Å². The molecule has 0 aliphatic carbocycles. The largest absolute Gasteiger partial charge is 0.489 e.